The van der Waals surface area contributed by atoms with Crippen molar-refractivity contribution in [3.63, 3.8) is 0 Å². The molecule has 0 saturated heterocycles. The van der Waals surface area contributed by atoms with Crippen LogP contribution >= 0.6 is 0 Å². The summed E-state index contributed by atoms with van der Waals surface area (Å²) in [5.41, 5.74) is 0. The third-order valence-electron chi connectivity index (χ3n) is 0. The van der Waals surface area contributed by atoms with Crippen LogP contribution in [-0.4, -0.2) is 38.0 Å². The van der Waals surface area contributed by atoms with E-state index in [1.807, 2.05) is 0 Å². The molecule has 0 aliphatic heterocycles. The van der Waals surface area contributed by atoms with Gasteiger partial charge in [0.2, 0.25) is 0 Å². The van der Waals surface area contributed by atoms with Gasteiger partial charge in [0.25, 0.3) is 0 Å². The molecule has 0 unspecified atom stereocenters. The van der Waals surface area contributed by atoms with Gasteiger partial charge in [-0.15, -0.1) is 0 Å². The van der Waals surface area contributed by atoms with Gasteiger partial charge in [0, 0.05) is 0 Å². The van der Waals surface area contributed by atoms with E-state index in [2.05, 4.69) is 0 Å². The first-order valence-corrected chi connectivity index (χ1v) is 1.00. The van der Waals surface area contributed by atoms with Gasteiger partial charge in [0.15, 0.2) is 0 Å². The third-order valence-corrected chi connectivity index (χ3v) is 0. The zero-order valence-electron chi connectivity index (χ0n) is 1.22. The fourth-order valence-electron chi connectivity index (χ4n) is 0. The Morgan fingerprint density at radius 1 is 1.25 bits per heavy atom. The van der Waals surface area contributed by atoms with Crippen molar-refractivity contribution in [1.82, 2.24) is 0 Å². The predicted molar refractivity (Wildman–Crippen MR) is 16.1 cm³/mol. The minimum absolute atomic E-state index is 0. The van der Waals surface area contributed by atoms with Crippen LogP contribution in [0.5, 0.6) is 0 Å². The van der Waals surface area contributed by atoms with Gasteiger partial charge in [-0.3, -0.25) is 0 Å². The van der Waals surface area contributed by atoms with E-state index in [-0.39, 0.29) is 29.6 Å². The molecule has 0 aliphatic rings. The van der Waals surface area contributed by atoms with Gasteiger partial charge < -0.3 is 0 Å². The van der Waals surface area contributed by atoms with E-state index in [1.165, 1.54) is 0 Å². The van der Waals surface area contributed by atoms with Crippen molar-refractivity contribution >= 4 is 41.1 Å². The van der Waals surface area contributed by atoms with Gasteiger partial charge in [0.05, 0.1) is 0 Å². The molecule has 0 rings (SSSR count). The molecule has 0 amide bonds. The van der Waals surface area contributed by atoms with Crippen LogP contribution in [0.3, 0.4) is 0 Å². The number of hydrogen-bond acceptors (Lipinski definition) is 2. The molecule has 0 heterocycles. The topological polar surface area (TPSA) is 34.1 Å². The van der Waals surface area contributed by atoms with Crippen molar-refractivity contribution in [2.45, 2.75) is 0 Å². The fourth-order valence-corrected chi connectivity index (χ4v) is 0. The van der Waals surface area contributed by atoms with Gasteiger partial charge in [-0.05, 0) is 0 Å². The quantitative estimate of drug-likeness (QED) is 0.344. The van der Waals surface area contributed by atoms with Crippen molar-refractivity contribution < 1.29 is 8.42 Å². The second kappa shape index (κ2) is 9.17. The van der Waals surface area contributed by atoms with E-state index in [9.17, 15) is 0 Å². The van der Waals surface area contributed by atoms with Crippen molar-refractivity contribution in [2.75, 3.05) is 0 Å². The second-order valence-corrected chi connectivity index (χ2v) is 0.204. The van der Waals surface area contributed by atoms with E-state index >= 15 is 0 Å². The van der Waals surface area contributed by atoms with Crippen molar-refractivity contribution in [3.8, 4) is 0 Å². The van der Waals surface area contributed by atoms with Crippen LogP contribution in [0, 0.1) is 0 Å². The Kier molecular flexibility index (Phi) is 20.3. The maximum atomic E-state index is 8.29. The monoisotopic (exact) mass is 88.0 g/mol. The fraction of sp³-hybridized carbons (Fsp3) is 0. The molecule has 0 saturated carbocycles. The zero-order valence-corrected chi connectivity index (χ0v) is 2.04. The standard InChI is InChI=1S/Na.O2S.H/c;1-3-2;. The summed E-state index contributed by atoms with van der Waals surface area (Å²) >= 11 is -0.750. The summed E-state index contributed by atoms with van der Waals surface area (Å²) in [5, 5.41) is 0. The van der Waals surface area contributed by atoms with Gasteiger partial charge >= 0.3 is 41.1 Å². The molecule has 0 N–H and O–H groups in total. The molecule has 0 aromatic heterocycles. The van der Waals surface area contributed by atoms with Gasteiger partial charge in [-0.2, -0.15) is 8.42 Å². The Morgan fingerprint density at radius 2 is 1.25 bits per heavy atom. The Labute approximate surface area is 49.5 Å². The number of hydrogen-bond donors (Lipinski definition) is 0. The molecule has 0 fully saturated rings. The molecule has 20 valence electrons. The molecule has 2 nitrogen and oxygen atoms in total. The van der Waals surface area contributed by atoms with Crippen LogP contribution in [0.2, 0.25) is 0 Å². The first-order valence-electron chi connectivity index (χ1n) is 0.333. The Bertz CT molecular complexity index is 27.0. The van der Waals surface area contributed by atoms with Crippen molar-refractivity contribution in [2.24, 2.45) is 0 Å². The van der Waals surface area contributed by atoms with Gasteiger partial charge in [-0.1, -0.05) is 0 Å². The average Bonchev–Trinajstić information content (AvgIpc) is 0.918. The molecule has 0 aromatic carbocycles. The SMILES string of the molecule is O=S=O.[NaH]. The predicted octanol–water partition coefficient (Wildman–Crippen LogP) is -1.32. The Balaban J connectivity index is 0. The molecule has 0 atom stereocenters. The Hall–Kier alpha value is 0.820. The van der Waals surface area contributed by atoms with Crippen LogP contribution < -0.4 is 0 Å². The minimum atomic E-state index is -0.750. The van der Waals surface area contributed by atoms with Gasteiger partial charge in [-0.25, -0.2) is 0 Å². The van der Waals surface area contributed by atoms with Crippen molar-refractivity contribution in [3.05, 3.63) is 0 Å². The van der Waals surface area contributed by atoms with Crippen molar-refractivity contribution in [1.29, 1.82) is 0 Å². The summed E-state index contributed by atoms with van der Waals surface area (Å²) in [5.74, 6) is 0. The molecule has 0 aromatic rings. The molecular weight excluding hydrogens is 87.1 g/mol. The Morgan fingerprint density at radius 3 is 1.25 bits per heavy atom. The normalized spacial score (nSPS) is 3.00. The zero-order chi connectivity index (χ0) is 2.71. The van der Waals surface area contributed by atoms with Crippen LogP contribution in [0.4, 0.5) is 0 Å². The average molecular weight is 88.1 g/mol. The molecular formula is HNaO2S. The van der Waals surface area contributed by atoms with E-state index in [0.717, 1.165) is 0 Å². The number of rotatable bonds is 0. The van der Waals surface area contributed by atoms with E-state index in [1.54, 1.807) is 0 Å². The van der Waals surface area contributed by atoms with Crippen LogP contribution in [0.15, 0.2) is 0 Å². The molecule has 0 spiro atoms. The summed E-state index contributed by atoms with van der Waals surface area (Å²) in [6.07, 6.45) is 0. The van der Waals surface area contributed by atoms with E-state index in [0.29, 0.717) is 0 Å². The van der Waals surface area contributed by atoms with Crippen LogP contribution in [0.1, 0.15) is 0 Å². The maximum absolute atomic E-state index is 8.29. The first kappa shape index (κ1) is 8.84. The molecule has 0 bridgehead atoms. The van der Waals surface area contributed by atoms with Gasteiger partial charge in [0.1, 0.15) is 0 Å². The second-order valence-electron chi connectivity index (χ2n) is 0.0680. The summed E-state index contributed by atoms with van der Waals surface area (Å²) in [6.45, 7) is 0. The van der Waals surface area contributed by atoms with Crippen LogP contribution in [0.25, 0.3) is 0 Å². The molecule has 0 radical (unpaired) electrons. The summed E-state index contributed by atoms with van der Waals surface area (Å²) in [7, 11) is 0. The molecule has 4 heavy (non-hydrogen) atoms. The molecule has 0 aliphatic carbocycles. The summed E-state index contributed by atoms with van der Waals surface area (Å²) in [6, 6.07) is 0. The first-order chi connectivity index (χ1) is 1.41. The third kappa shape index (κ3) is 13.9. The summed E-state index contributed by atoms with van der Waals surface area (Å²) in [4.78, 5) is 0. The van der Waals surface area contributed by atoms with E-state index < -0.39 is 11.6 Å². The van der Waals surface area contributed by atoms with E-state index in [4.69, 9.17) is 8.42 Å². The summed E-state index contributed by atoms with van der Waals surface area (Å²) < 4.78 is 16.6. The van der Waals surface area contributed by atoms with Crippen LogP contribution in [-0.2, 0) is 11.6 Å². The molecule has 4 heteroatoms.